The maximum atomic E-state index is 12.6. The summed E-state index contributed by atoms with van der Waals surface area (Å²) in [6, 6.07) is 5.39. The van der Waals surface area contributed by atoms with E-state index in [1.54, 1.807) is 18.2 Å². The summed E-state index contributed by atoms with van der Waals surface area (Å²) in [6.07, 6.45) is 3.67. The lowest BCUT2D eigenvalue weighted by atomic mass is 9.68. The van der Waals surface area contributed by atoms with Crippen molar-refractivity contribution in [1.29, 1.82) is 0 Å². The van der Waals surface area contributed by atoms with Gasteiger partial charge in [-0.25, -0.2) is 0 Å². The second kappa shape index (κ2) is 4.64. The Kier molecular flexibility index (Phi) is 3.25. The van der Waals surface area contributed by atoms with Gasteiger partial charge in [0, 0.05) is 6.04 Å². The Morgan fingerprint density at radius 2 is 2.10 bits per heavy atom. The number of benzene rings is 1. The van der Waals surface area contributed by atoms with Crippen LogP contribution in [0.25, 0.3) is 0 Å². The number of anilines is 1. The van der Waals surface area contributed by atoms with Crippen molar-refractivity contribution in [2.75, 3.05) is 5.73 Å². The third-order valence-corrected chi connectivity index (χ3v) is 6.17. The summed E-state index contributed by atoms with van der Waals surface area (Å²) in [5, 5.41) is 3.68. The first-order valence-corrected chi connectivity index (χ1v) is 7.98. The quantitative estimate of drug-likeness (QED) is 0.815. The first-order valence-electron chi connectivity index (χ1n) is 7.60. The second-order valence-electron chi connectivity index (χ2n) is 7.52. The van der Waals surface area contributed by atoms with E-state index in [1.807, 2.05) is 0 Å². The second-order valence-corrected chi connectivity index (χ2v) is 7.93. The number of nitrogens with two attached hydrogens (primary N) is 1. The van der Waals surface area contributed by atoms with Gasteiger partial charge in [0.15, 0.2) is 0 Å². The summed E-state index contributed by atoms with van der Waals surface area (Å²) in [5.74, 6) is 0.589. The number of rotatable bonds is 2. The molecule has 114 valence electrons. The molecule has 2 saturated carbocycles. The highest BCUT2D eigenvalue weighted by Crippen LogP contribution is 2.62. The molecular weight excluding hydrogens is 284 g/mol. The fraction of sp³-hybridized carbons (Fsp3) is 0.588. The minimum atomic E-state index is -0.109. The first-order chi connectivity index (χ1) is 9.75. The van der Waals surface area contributed by atoms with Crippen LogP contribution in [0, 0.1) is 16.7 Å². The average molecular weight is 307 g/mol. The number of fused-ring (bicyclic) bond motifs is 2. The number of halogens is 1. The lowest BCUT2D eigenvalue weighted by Crippen LogP contribution is -2.52. The average Bonchev–Trinajstić information content (AvgIpc) is 2.89. The van der Waals surface area contributed by atoms with E-state index in [0.717, 1.165) is 0 Å². The summed E-state index contributed by atoms with van der Waals surface area (Å²) in [7, 11) is 0. The van der Waals surface area contributed by atoms with Gasteiger partial charge >= 0.3 is 0 Å². The molecule has 2 bridgehead atoms. The van der Waals surface area contributed by atoms with Crippen LogP contribution in [0.5, 0.6) is 0 Å². The molecule has 1 aromatic carbocycles. The van der Waals surface area contributed by atoms with Crippen molar-refractivity contribution in [2.24, 2.45) is 16.7 Å². The van der Waals surface area contributed by atoms with Crippen LogP contribution >= 0.6 is 11.6 Å². The van der Waals surface area contributed by atoms with Gasteiger partial charge in [-0.15, -0.1) is 0 Å². The Labute approximate surface area is 131 Å². The number of carbonyl (C=O) groups excluding carboxylic acids is 1. The van der Waals surface area contributed by atoms with Crippen LogP contribution in [-0.2, 0) is 0 Å². The maximum Gasteiger partial charge on any atom is 0.253 e. The number of nitrogen functional groups attached to an aromatic ring is 1. The van der Waals surface area contributed by atoms with E-state index in [1.165, 1.54) is 19.3 Å². The molecule has 0 spiro atoms. The number of amides is 1. The normalized spacial score (nSPS) is 33.1. The predicted molar refractivity (Wildman–Crippen MR) is 86.3 cm³/mol. The molecule has 3 N–H and O–H groups in total. The Morgan fingerprint density at radius 3 is 2.71 bits per heavy atom. The molecular formula is C17H23ClN2O. The number of hydrogen-bond donors (Lipinski definition) is 2. The van der Waals surface area contributed by atoms with Crippen molar-refractivity contribution in [3.63, 3.8) is 0 Å². The van der Waals surface area contributed by atoms with Crippen LogP contribution in [0.4, 0.5) is 5.69 Å². The van der Waals surface area contributed by atoms with E-state index in [9.17, 15) is 4.79 Å². The van der Waals surface area contributed by atoms with Crippen molar-refractivity contribution in [3.8, 4) is 0 Å². The molecule has 1 amide bonds. The fourth-order valence-corrected chi connectivity index (χ4v) is 4.78. The zero-order chi connectivity index (χ0) is 15.4. The third kappa shape index (κ3) is 2.13. The van der Waals surface area contributed by atoms with E-state index in [2.05, 4.69) is 26.1 Å². The van der Waals surface area contributed by atoms with Gasteiger partial charge in [0.05, 0.1) is 16.3 Å². The SMILES string of the molecule is CC12CCC(C1)C(C)(C)C2NC(=O)c1cccc(Cl)c1N. The molecule has 21 heavy (non-hydrogen) atoms. The van der Waals surface area contributed by atoms with Crippen LogP contribution in [-0.4, -0.2) is 11.9 Å². The van der Waals surface area contributed by atoms with E-state index in [4.69, 9.17) is 17.3 Å². The molecule has 3 unspecified atom stereocenters. The van der Waals surface area contributed by atoms with Crippen LogP contribution in [0.2, 0.25) is 5.02 Å². The monoisotopic (exact) mass is 306 g/mol. The van der Waals surface area contributed by atoms with Gasteiger partial charge in [-0.05, 0) is 48.1 Å². The Morgan fingerprint density at radius 1 is 1.38 bits per heavy atom. The molecule has 3 nitrogen and oxygen atoms in total. The summed E-state index contributed by atoms with van der Waals surface area (Å²) in [4.78, 5) is 12.6. The molecule has 2 aliphatic carbocycles. The van der Waals surface area contributed by atoms with E-state index in [0.29, 0.717) is 22.2 Å². The largest absolute Gasteiger partial charge is 0.397 e. The number of para-hydroxylation sites is 1. The van der Waals surface area contributed by atoms with Crippen molar-refractivity contribution < 1.29 is 4.79 Å². The van der Waals surface area contributed by atoms with Crippen molar-refractivity contribution >= 4 is 23.2 Å². The Balaban J connectivity index is 1.87. The summed E-state index contributed by atoms with van der Waals surface area (Å²) in [6.45, 7) is 6.84. The van der Waals surface area contributed by atoms with Gasteiger partial charge in [0.2, 0.25) is 0 Å². The molecule has 3 rings (SSSR count). The van der Waals surface area contributed by atoms with E-state index >= 15 is 0 Å². The zero-order valence-electron chi connectivity index (χ0n) is 12.9. The van der Waals surface area contributed by atoms with Crippen LogP contribution in [0.15, 0.2) is 18.2 Å². The molecule has 0 aliphatic heterocycles. The lowest BCUT2D eigenvalue weighted by molar-refractivity contribution is 0.0738. The molecule has 2 fully saturated rings. The van der Waals surface area contributed by atoms with Gasteiger partial charge < -0.3 is 11.1 Å². The highest BCUT2D eigenvalue weighted by molar-refractivity contribution is 6.33. The predicted octanol–water partition coefficient (Wildman–Crippen LogP) is 3.87. The molecule has 1 aromatic rings. The molecule has 0 heterocycles. The van der Waals surface area contributed by atoms with E-state index < -0.39 is 0 Å². The standard InChI is InChI=1S/C17H23ClN2O/c1-16(2)10-7-8-17(3,9-10)15(16)20-14(21)11-5-4-6-12(18)13(11)19/h4-6,10,15H,7-9,19H2,1-3H3,(H,20,21). The number of hydrogen-bond acceptors (Lipinski definition) is 2. The first kappa shape index (κ1) is 14.7. The lowest BCUT2D eigenvalue weighted by Gasteiger charge is -2.43. The summed E-state index contributed by atoms with van der Waals surface area (Å²) >= 11 is 6.02. The van der Waals surface area contributed by atoms with Crippen LogP contribution in [0.1, 0.15) is 50.4 Å². The van der Waals surface area contributed by atoms with Crippen LogP contribution in [0.3, 0.4) is 0 Å². The van der Waals surface area contributed by atoms with Crippen LogP contribution < -0.4 is 11.1 Å². The number of carbonyl (C=O) groups is 1. The zero-order valence-corrected chi connectivity index (χ0v) is 13.6. The van der Waals surface area contributed by atoms with Crippen molar-refractivity contribution in [1.82, 2.24) is 5.32 Å². The molecule has 2 aliphatic rings. The highest BCUT2D eigenvalue weighted by Gasteiger charge is 2.59. The fourth-order valence-electron chi connectivity index (χ4n) is 4.61. The number of nitrogens with one attached hydrogen (secondary N) is 1. The topological polar surface area (TPSA) is 55.1 Å². The smallest absolute Gasteiger partial charge is 0.253 e. The summed E-state index contributed by atoms with van der Waals surface area (Å²) in [5.41, 5.74) is 7.12. The molecule has 0 radical (unpaired) electrons. The minimum Gasteiger partial charge on any atom is -0.397 e. The summed E-state index contributed by atoms with van der Waals surface area (Å²) < 4.78 is 0. The molecule has 4 heteroatoms. The molecule has 3 atom stereocenters. The molecule has 0 saturated heterocycles. The Hall–Kier alpha value is -1.22. The van der Waals surface area contributed by atoms with Crippen molar-refractivity contribution in [3.05, 3.63) is 28.8 Å². The highest BCUT2D eigenvalue weighted by atomic mass is 35.5. The maximum absolute atomic E-state index is 12.6. The third-order valence-electron chi connectivity index (χ3n) is 5.84. The minimum absolute atomic E-state index is 0.109. The van der Waals surface area contributed by atoms with Gasteiger partial charge in [-0.1, -0.05) is 38.4 Å². The van der Waals surface area contributed by atoms with Crippen molar-refractivity contribution in [2.45, 2.75) is 46.1 Å². The van der Waals surface area contributed by atoms with Gasteiger partial charge in [-0.3, -0.25) is 4.79 Å². The van der Waals surface area contributed by atoms with Gasteiger partial charge in [-0.2, -0.15) is 0 Å². The van der Waals surface area contributed by atoms with Gasteiger partial charge in [0.1, 0.15) is 0 Å². The molecule has 0 aromatic heterocycles. The Bertz CT molecular complexity index is 594. The van der Waals surface area contributed by atoms with E-state index in [-0.39, 0.29) is 22.8 Å². The van der Waals surface area contributed by atoms with Gasteiger partial charge in [0.25, 0.3) is 5.91 Å².